The van der Waals surface area contributed by atoms with Crippen molar-refractivity contribution in [1.29, 1.82) is 0 Å². The van der Waals surface area contributed by atoms with Gasteiger partial charge in [0.1, 0.15) is 11.9 Å². The summed E-state index contributed by atoms with van der Waals surface area (Å²) in [6.07, 6.45) is 0.208. The third-order valence-corrected chi connectivity index (χ3v) is 7.19. The van der Waals surface area contributed by atoms with Gasteiger partial charge in [-0.05, 0) is 43.3 Å². The predicted molar refractivity (Wildman–Crippen MR) is 154 cm³/mol. The van der Waals surface area contributed by atoms with Crippen LogP contribution in [0.15, 0.2) is 78.9 Å². The van der Waals surface area contributed by atoms with Crippen LogP contribution in [-0.4, -0.2) is 65.6 Å². The summed E-state index contributed by atoms with van der Waals surface area (Å²) >= 11 is 0. The van der Waals surface area contributed by atoms with E-state index in [2.05, 4.69) is 36.3 Å². The van der Waals surface area contributed by atoms with E-state index in [4.69, 9.17) is 4.74 Å². The molecule has 7 nitrogen and oxygen atoms in total. The average molecular weight is 530 g/mol. The van der Waals surface area contributed by atoms with Gasteiger partial charge in [0.2, 0.25) is 11.8 Å². The lowest BCUT2D eigenvalue weighted by molar-refractivity contribution is -0.134. The molecule has 7 heteroatoms. The number of nitrogens with zero attached hydrogens (tertiary/aromatic N) is 2. The first-order chi connectivity index (χ1) is 18.8. The highest BCUT2D eigenvalue weighted by molar-refractivity contribution is 5.92. The summed E-state index contributed by atoms with van der Waals surface area (Å²) in [6, 6.07) is 25.1. The van der Waals surface area contributed by atoms with Crippen molar-refractivity contribution in [3.63, 3.8) is 0 Å². The van der Waals surface area contributed by atoms with Crippen LogP contribution >= 0.6 is 0 Å². The van der Waals surface area contributed by atoms with E-state index in [1.165, 1.54) is 5.56 Å². The lowest BCUT2D eigenvalue weighted by Gasteiger charge is -2.34. The Morgan fingerprint density at radius 3 is 2.41 bits per heavy atom. The quantitative estimate of drug-likeness (QED) is 0.435. The van der Waals surface area contributed by atoms with Gasteiger partial charge in [0.15, 0.2) is 0 Å². The van der Waals surface area contributed by atoms with E-state index in [0.717, 1.165) is 17.7 Å². The molecule has 1 aliphatic heterocycles. The number of fused-ring (bicyclic) bond motifs is 1. The second-order valence-electron chi connectivity index (χ2n) is 10.6. The van der Waals surface area contributed by atoms with Gasteiger partial charge in [-0.1, -0.05) is 67.6 Å². The highest BCUT2D eigenvalue weighted by Gasteiger charge is 2.31. The summed E-state index contributed by atoms with van der Waals surface area (Å²) < 4.78 is 6.61. The van der Waals surface area contributed by atoms with Crippen LogP contribution in [0, 0.1) is 5.92 Å². The Labute approximate surface area is 231 Å². The zero-order valence-electron chi connectivity index (χ0n) is 23.0. The highest BCUT2D eigenvalue weighted by atomic mass is 16.5. The molecule has 0 bridgehead atoms. The number of aliphatic hydroxyl groups is 1. The number of amides is 2. The average Bonchev–Trinajstić information content (AvgIpc) is 2.97. The van der Waals surface area contributed by atoms with Crippen LogP contribution in [0.1, 0.15) is 30.5 Å². The molecule has 3 aromatic rings. The molecule has 4 rings (SSSR count). The van der Waals surface area contributed by atoms with E-state index in [-0.39, 0.29) is 49.3 Å². The molecule has 206 valence electrons. The Morgan fingerprint density at radius 1 is 1.08 bits per heavy atom. The number of ether oxygens (including phenoxy) is 1. The van der Waals surface area contributed by atoms with Crippen molar-refractivity contribution >= 4 is 17.5 Å². The number of hydrogen-bond acceptors (Lipinski definition) is 5. The molecule has 0 aromatic heterocycles. The molecular weight excluding hydrogens is 490 g/mol. The number of hydrogen-bond donors (Lipinski definition) is 2. The number of benzene rings is 3. The van der Waals surface area contributed by atoms with Gasteiger partial charge in [0.25, 0.3) is 0 Å². The van der Waals surface area contributed by atoms with Crippen molar-refractivity contribution in [2.45, 2.75) is 45.4 Å². The van der Waals surface area contributed by atoms with Crippen molar-refractivity contribution in [2.75, 3.05) is 32.1 Å². The summed E-state index contributed by atoms with van der Waals surface area (Å²) in [5.41, 5.74) is 3.49. The molecule has 1 heterocycles. The summed E-state index contributed by atoms with van der Waals surface area (Å²) in [7, 11) is 2.07. The van der Waals surface area contributed by atoms with Gasteiger partial charge >= 0.3 is 0 Å². The molecule has 1 aliphatic rings. The molecule has 3 atom stereocenters. The smallest absolute Gasteiger partial charge is 0.228 e. The van der Waals surface area contributed by atoms with Gasteiger partial charge < -0.3 is 20.1 Å². The van der Waals surface area contributed by atoms with Crippen LogP contribution in [0.3, 0.4) is 0 Å². The number of aliphatic hydroxyl groups excluding tert-OH is 1. The van der Waals surface area contributed by atoms with E-state index < -0.39 is 0 Å². The Hall–Kier alpha value is -3.68. The Bertz CT molecular complexity index is 1230. The number of nitrogens with one attached hydrogen (secondary N) is 1. The predicted octanol–water partition coefficient (Wildman–Crippen LogP) is 4.15. The summed E-state index contributed by atoms with van der Waals surface area (Å²) in [4.78, 5) is 30.1. The topological polar surface area (TPSA) is 82.1 Å². The maximum absolute atomic E-state index is 13.4. The zero-order chi connectivity index (χ0) is 27.8. The van der Waals surface area contributed by atoms with E-state index in [1.807, 2.05) is 73.7 Å². The van der Waals surface area contributed by atoms with Crippen LogP contribution in [0.25, 0.3) is 0 Å². The second-order valence-corrected chi connectivity index (χ2v) is 10.6. The third-order valence-electron chi connectivity index (χ3n) is 7.19. The van der Waals surface area contributed by atoms with Gasteiger partial charge in [-0.2, -0.15) is 0 Å². The summed E-state index contributed by atoms with van der Waals surface area (Å²) in [5, 5.41) is 12.8. The monoisotopic (exact) mass is 529 g/mol. The fourth-order valence-corrected chi connectivity index (χ4v) is 4.98. The molecular formula is C32H39N3O4. The first-order valence-corrected chi connectivity index (χ1v) is 13.6. The molecule has 39 heavy (non-hydrogen) atoms. The largest absolute Gasteiger partial charge is 0.488 e. The second kappa shape index (κ2) is 13.4. The number of anilines is 1. The SMILES string of the molecule is C[C@@H]1CN([C@@H](C)CO)C(=O)Cc2cc(NC(=O)Cc3ccccc3)ccc2O[C@@H]1CN(C)Cc1ccccc1. The molecule has 0 aliphatic carbocycles. The van der Waals surface area contributed by atoms with Gasteiger partial charge in [-0.25, -0.2) is 0 Å². The molecule has 0 saturated carbocycles. The van der Waals surface area contributed by atoms with Crippen molar-refractivity contribution in [2.24, 2.45) is 5.92 Å². The molecule has 0 saturated heterocycles. The maximum atomic E-state index is 13.4. The number of carbonyl (C=O) groups is 2. The Balaban J connectivity index is 1.56. The minimum absolute atomic E-state index is 0.0253. The normalized spacial score (nSPS) is 18.4. The first kappa shape index (κ1) is 28.3. The van der Waals surface area contributed by atoms with Crippen molar-refractivity contribution in [1.82, 2.24) is 9.80 Å². The third kappa shape index (κ3) is 7.91. The van der Waals surface area contributed by atoms with Gasteiger partial charge in [-0.15, -0.1) is 0 Å². The molecule has 0 unspecified atom stereocenters. The first-order valence-electron chi connectivity index (χ1n) is 13.6. The Kier molecular flexibility index (Phi) is 9.74. The minimum Gasteiger partial charge on any atom is -0.488 e. The van der Waals surface area contributed by atoms with Crippen LogP contribution in [0.2, 0.25) is 0 Å². The van der Waals surface area contributed by atoms with E-state index in [1.54, 1.807) is 4.90 Å². The fraction of sp³-hybridized carbons (Fsp3) is 0.375. The molecule has 3 aromatic carbocycles. The highest BCUT2D eigenvalue weighted by Crippen LogP contribution is 2.29. The summed E-state index contributed by atoms with van der Waals surface area (Å²) in [6.45, 7) is 5.78. The maximum Gasteiger partial charge on any atom is 0.228 e. The van der Waals surface area contributed by atoms with Gasteiger partial charge in [-0.3, -0.25) is 14.5 Å². The molecule has 0 fully saturated rings. The number of carbonyl (C=O) groups excluding carboxylic acids is 2. The van der Waals surface area contributed by atoms with E-state index in [0.29, 0.717) is 24.5 Å². The van der Waals surface area contributed by atoms with Crippen LogP contribution in [0.5, 0.6) is 5.75 Å². The lowest BCUT2D eigenvalue weighted by atomic mass is 10.0. The van der Waals surface area contributed by atoms with E-state index >= 15 is 0 Å². The van der Waals surface area contributed by atoms with Crippen molar-refractivity contribution in [3.8, 4) is 5.75 Å². The van der Waals surface area contributed by atoms with E-state index in [9.17, 15) is 14.7 Å². The molecule has 0 radical (unpaired) electrons. The van der Waals surface area contributed by atoms with Crippen LogP contribution in [-0.2, 0) is 29.0 Å². The Morgan fingerprint density at radius 2 is 1.74 bits per heavy atom. The fourth-order valence-electron chi connectivity index (χ4n) is 4.98. The van der Waals surface area contributed by atoms with Crippen molar-refractivity contribution in [3.05, 3.63) is 95.6 Å². The summed E-state index contributed by atoms with van der Waals surface area (Å²) in [5.74, 6) is 0.477. The molecule has 0 spiro atoms. The number of likely N-dealkylation sites (N-methyl/N-ethyl adjacent to an activating group) is 1. The minimum atomic E-state index is -0.307. The molecule has 2 N–H and O–H groups in total. The number of rotatable bonds is 9. The lowest BCUT2D eigenvalue weighted by Crippen LogP contribution is -2.47. The van der Waals surface area contributed by atoms with Crippen LogP contribution in [0.4, 0.5) is 5.69 Å². The standard InChI is InChI=1S/C32H39N3O4/c1-23-19-35(24(2)22-36)32(38)18-27-17-28(33-31(37)16-25-10-6-4-7-11-25)14-15-29(27)39-30(23)21-34(3)20-26-12-8-5-9-13-26/h4-15,17,23-24,30,36H,16,18-22H2,1-3H3,(H,33,37)/t23-,24+,30-/m1/s1. The van der Waals surface area contributed by atoms with Gasteiger partial charge in [0.05, 0.1) is 25.5 Å². The molecule has 2 amide bonds. The van der Waals surface area contributed by atoms with Crippen LogP contribution < -0.4 is 10.1 Å². The van der Waals surface area contributed by atoms with Gasteiger partial charge in [0, 0.05) is 36.8 Å². The zero-order valence-corrected chi connectivity index (χ0v) is 23.0. The van der Waals surface area contributed by atoms with Crippen molar-refractivity contribution < 1.29 is 19.4 Å².